The topological polar surface area (TPSA) is 161 Å². The zero-order chi connectivity index (χ0) is 35.3. The normalized spacial score (nSPS) is 19.9. The van der Waals surface area contributed by atoms with Gasteiger partial charge in [-0.25, -0.2) is 9.79 Å². The van der Waals surface area contributed by atoms with E-state index in [1.54, 1.807) is 30.3 Å². The van der Waals surface area contributed by atoms with Gasteiger partial charge in [0.25, 0.3) is 0 Å². The highest BCUT2D eigenvalue weighted by molar-refractivity contribution is 6.05. The zero-order valence-electron chi connectivity index (χ0n) is 29.0. The third-order valence-corrected chi connectivity index (χ3v) is 8.83. The van der Waals surface area contributed by atoms with Gasteiger partial charge < -0.3 is 35.3 Å². The lowest BCUT2D eigenvalue weighted by molar-refractivity contribution is 0.0980. The molecule has 1 aliphatic carbocycles. The van der Waals surface area contributed by atoms with Crippen LogP contribution in [0.3, 0.4) is 0 Å². The second kappa shape index (κ2) is 15.2. The van der Waals surface area contributed by atoms with Crippen LogP contribution in [0.15, 0.2) is 83.6 Å². The Morgan fingerprint density at radius 3 is 2.70 bits per heavy atom. The van der Waals surface area contributed by atoms with Gasteiger partial charge in [0, 0.05) is 29.8 Å². The second-order valence-electron chi connectivity index (χ2n) is 13.6. The smallest absolute Gasteiger partial charge is 0.320 e. The van der Waals surface area contributed by atoms with Crippen molar-refractivity contribution in [3.05, 3.63) is 89.8 Å². The van der Waals surface area contributed by atoms with Gasteiger partial charge in [0.05, 0.1) is 43.8 Å². The Labute approximate surface area is 292 Å². The summed E-state index contributed by atoms with van der Waals surface area (Å²) >= 11 is 0. The summed E-state index contributed by atoms with van der Waals surface area (Å²) in [5.41, 5.74) is 9.93. The van der Waals surface area contributed by atoms with E-state index in [1.165, 1.54) is 0 Å². The number of nitrogens with two attached hydrogens (primary N) is 1. The predicted molar refractivity (Wildman–Crippen MR) is 192 cm³/mol. The molecule has 3 heterocycles. The number of fused-ring (bicyclic) bond motifs is 2. The molecule has 2 aromatic heterocycles. The summed E-state index contributed by atoms with van der Waals surface area (Å²) in [4.78, 5) is 20.4. The van der Waals surface area contributed by atoms with Gasteiger partial charge in [-0.3, -0.25) is 9.72 Å². The number of urea groups is 1. The summed E-state index contributed by atoms with van der Waals surface area (Å²) in [6.07, 6.45) is 4.76. The molecular weight excluding hydrogens is 636 g/mol. The summed E-state index contributed by atoms with van der Waals surface area (Å²) < 4.78 is 19.7. The molecule has 3 atom stereocenters. The fourth-order valence-electron chi connectivity index (χ4n) is 6.05. The average Bonchev–Trinajstić information content (AvgIpc) is 3.51. The largest absolute Gasteiger partial charge is 0.491 e. The summed E-state index contributed by atoms with van der Waals surface area (Å²) in [7, 11) is 0. The number of carbonyl (C=O) groups is 1. The lowest BCUT2D eigenvalue weighted by Crippen LogP contribution is -2.44. The van der Waals surface area contributed by atoms with Crippen molar-refractivity contribution >= 4 is 29.1 Å². The lowest BCUT2D eigenvalue weighted by Gasteiger charge is -2.33. The molecule has 13 nitrogen and oxygen atoms in total. The number of aliphatic imine (C=N–C) groups is 1. The SMILES string of the molecule is C[C@H]1COCCN1c1nnc2ccc(O[C@@H]3CC[C@H](NC(=O)NC(/C=C(\N)C(C)(C)C)=Nc4cccc(OCCO)c4)c4ccccc43)cn12. The fourth-order valence-corrected chi connectivity index (χ4v) is 6.05. The average molecular weight is 683 g/mol. The van der Waals surface area contributed by atoms with Gasteiger partial charge in [0.15, 0.2) is 5.65 Å². The number of anilines is 1. The molecule has 5 N–H and O–H groups in total. The van der Waals surface area contributed by atoms with Crippen LogP contribution in [-0.2, 0) is 4.74 Å². The van der Waals surface area contributed by atoms with Crippen molar-refractivity contribution in [2.75, 3.05) is 37.9 Å². The van der Waals surface area contributed by atoms with E-state index in [4.69, 9.17) is 25.1 Å². The minimum absolute atomic E-state index is 0.100. The molecule has 1 aliphatic heterocycles. The van der Waals surface area contributed by atoms with Crippen LogP contribution in [0.1, 0.15) is 63.8 Å². The van der Waals surface area contributed by atoms with Crippen LogP contribution in [0.25, 0.3) is 5.65 Å². The van der Waals surface area contributed by atoms with E-state index in [0.717, 1.165) is 29.3 Å². The molecule has 1 saturated heterocycles. The number of benzene rings is 2. The first-order chi connectivity index (χ1) is 24.1. The maximum absolute atomic E-state index is 13.5. The summed E-state index contributed by atoms with van der Waals surface area (Å²) in [5.74, 6) is 2.32. The quantitative estimate of drug-likeness (QED) is 0.137. The number of aromatic nitrogens is 3. The number of pyridine rings is 1. The van der Waals surface area contributed by atoms with Crippen LogP contribution in [-0.4, -0.2) is 70.6 Å². The number of nitrogens with zero attached hydrogens (tertiary/aromatic N) is 5. The van der Waals surface area contributed by atoms with E-state index in [2.05, 4.69) is 43.7 Å². The van der Waals surface area contributed by atoms with Gasteiger partial charge in [0.2, 0.25) is 5.95 Å². The van der Waals surface area contributed by atoms with Crippen molar-refractivity contribution in [3.63, 3.8) is 0 Å². The monoisotopic (exact) mass is 682 g/mol. The van der Waals surface area contributed by atoms with Crippen LogP contribution in [0.4, 0.5) is 16.4 Å². The summed E-state index contributed by atoms with van der Waals surface area (Å²) in [6, 6.07) is 18.5. The van der Waals surface area contributed by atoms with Gasteiger partial charge >= 0.3 is 6.03 Å². The number of amidine groups is 1. The Kier molecular flexibility index (Phi) is 10.5. The zero-order valence-corrected chi connectivity index (χ0v) is 29.0. The number of aliphatic hydroxyl groups excluding tert-OH is 1. The Morgan fingerprint density at radius 1 is 1.10 bits per heavy atom. The number of hydrogen-bond acceptors (Lipinski definition) is 10. The Balaban J connectivity index is 1.19. The van der Waals surface area contributed by atoms with E-state index in [-0.39, 0.29) is 42.7 Å². The van der Waals surface area contributed by atoms with Crippen LogP contribution in [0.2, 0.25) is 0 Å². The summed E-state index contributed by atoms with van der Waals surface area (Å²) in [5, 5.41) is 24.0. The molecule has 2 aliphatic rings. The Bertz CT molecular complexity index is 1870. The Morgan fingerprint density at radius 2 is 1.92 bits per heavy atom. The van der Waals surface area contributed by atoms with Gasteiger partial charge in [-0.05, 0) is 55.2 Å². The number of rotatable bonds is 9. The maximum Gasteiger partial charge on any atom is 0.320 e. The van der Waals surface area contributed by atoms with Gasteiger partial charge in [-0.15, -0.1) is 10.2 Å². The Hall–Kier alpha value is -5.14. The van der Waals surface area contributed by atoms with Crippen molar-refractivity contribution < 1.29 is 24.1 Å². The molecule has 0 unspecified atom stereocenters. The molecule has 0 saturated carbocycles. The van der Waals surface area contributed by atoms with Crippen molar-refractivity contribution in [1.29, 1.82) is 0 Å². The number of hydrogen-bond donors (Lipinski definition) is 4. The first-order valence-electron chi connectivity index (χ1n) is 17.0. The molecule has 0 radical (unpaired) electrons. The third kappa shape index (κ3) is 8.17. The lowest BCUT2D eigenvalue weighted by atomic mass is 9.85. The van der Waals surface area contributed by atoms with Crippen LogP contribution >= 0.6 is 0 Å². The molecule has 0 spiro atoms. The van der Waals surface area contributed by atoms with Crippen LogP contribution < -0.4 is 30.7 Å². The van der Waals surface area contributed by atoms with E-state index in [0.29, 0.717) is 48.9 Å². The van der Waals surface area contributed by atoms with E-state index < -0.39 is 6.03 Å². The fraction of sp³-hybridized carbons (Fsp3) is 0.405. The summed E-state index contributed by atoms with van der Waals surface area (Å²) in [6.45, 7) is 10.2. The molecule has 6 rings (SSSR count). The predicted octanol–water partition coefficient (Wildman–Crippen LogP) is 5.20. The minimum Gasteiger partial charge on any atom is -0.491 e. The molecule has 2 aromatic carbocycles. The highest BCUT2D eigenvalue weighted by atomic mass is 16.5. The van der Waals surface area contributed by atoms with E-state index >= 15 is 0 Å². The second-order valence-corrected chi connectivity index (χ2v) is 13.6. The standard InChI is InChI=1S/C37H46N8O5/c1-24-23-48-18-16-44(24)36-43-42-34-15-12-27(22-45(34)36)50-31-14-13-30(28-10-5-6-11-29(28)31)40-35(47)41-33(21-32(38)37(2,3)4)39-25-8-7-9-26(20-25)49-19-17-46/h5-12,15,20-22,24,30-31,46H,13-14,16-19,23,38H2,1-4H3,(H2,39,40,41,47)/b32-21-/t24-,30-,31+/m0/s1. The number of allylic oxidation sites excluding steroid dienone is 1. The van der Waals surface area contributed by atoms with Crippen molar-refractivity contribution in [2.24, 2.45) is 16.1 Å². The number of nitrogens with one attached hydrogen (secondary N) is 2. The number of morpholine rings is 1. The minimum atomic E-state index is -0.406. The van der Waals surface area contributed by atoms with E-state index in [1.807, 2.05) is 61.7 Å². The molecule has 0 bridgehead atoms. The first-order valence-corrected chi connectivity index (χ1v) is 17.0. The van der Waals surface area contributed by atoms with Crippen molar-refractivity contribution in [3.8, 4) is 11.5 Å². The molecular formula is C37H46N8O5. The highest BCUT2D eigenvalue weighted by Gasteiger charge is 2.30. The van der Waals surface area contributed by atoms with Crippen LogP contribution in [0, 0.1) is 5.41 Å². The molecule has 1 fully saturated rings. The molecule has 2 amide bonds. The van der Waals surface area contributed by atoms with Gasteiger partial charge in [-0.1, -0.05) is 51.1 Å². The van der Waals surface area contributed by atoms with Crippen molar-refractivity contribution in [2.45, 2.75) is 58.7 Å². The maximum atomic E-state index is 13.5. The molecule has 4 aromatic rings. The van der Waals surface area contributed by atoms with E-state index in [9.17, 15) is 4.79 Å². The molecule has 264 valence electrons. The number of carbonyl (C=O) groups excluding carboxylic acids is 1. The number of ether oxygens (including phenoxy) is 3. The van der Waals surface area contributed by atoms with Crippen LogP contribution in [0.5, 0.6) is 11.5 Å². The molecule has 13 heteroatoms. The van der Waals surface area contributed by atoms with Gasteiger partial charge in [0.1, 0.15) is 30.0 Å². The third-order valence-electron chi connectivity index (χ3n) is 8.83. The molecule has 50 heavy (non-hydrogen) atoms. The first kappa shape index (κ1) is 34.7. The van der Waals surface area contributed by atoms with Crippen molar-refractivity contribution in [1.82, 2.24) is 25.2 Å². The van der Waals surface area contributed by atoms with Gasteiger partial charge in [-0.2, -0.15) is 0 Å². The number of aliphatic hydroxyl groups is 1. The number of amides is 2. The highest BCUT2D eigenvalue weighted by Crippen LogP contribution is 2.39.